The first-order valence-corrected chi connectivity index (χ1v) is 15.7. The van der Waals surface area contributed by atoms with Crippen LogP contribution in [0, 0.1) is 16.7 Å². The SMILES string of the molecule is CC.CCC(C)CC#CBr.O=C(CO)NCc1ccccc1C(=O)SC1(c2cc(Br)cc3ccccc23)CC1. The highest BCUT2D eigenvalue weighted by molar-refractivity contribution is 9.12. The van der Waals surface area contributed by atoms with Crippen molar-refractivity contribution in [3.63, 3.8) is 0 Å². The van der Waals surface area contributed by atoms with Gasteiger partial charge in [0.2, 0.25) is 11.0 Å². The largest absolute Gasteiger partial charge is 0.387 e. The van der Waals surface area contributed by atoms with Crippen LogP contribution in [0.25, 0.3) is 10.8 Å². The van der Waals surface area contributed by atoms with E-state index in [2.05, 4.69) is 86.0 Å². The minimum absolute atomic E-state index is 0.000374. The maximum absolute atomic E-state index is 13.2. The summed E-state index contributed by atoms with van der Waals surface area (Å²) in [5.41, 5.74) is 2.54. The smallest absolute Gasteiger partial charge is 0.245 e. The van der Waals surface area contributed by atoms with E-state index in [9.17, 15) is 9.59 Å². The van der Waals surface area contributed by atoms with E-state index in [0.29, 0.717) is 5.56 Å². The van der Waals surface area contributed by atoms with Crippen molar-refractivity contribution < 1.29 is 14.7 Å². The average Bonchev–Trinajstić information content (AvgIpc) is 3.75. The van der Waals surface area contributed by atoms with Crippen molar-refractivity contribution >= 4 is 65.4 Å². The molecular weight excluding hydrogens is 638 g/mol. The van der Waals surface area contributed by atoms with Crippen molar-refractivity contribution in [2.45, 2.75) is 64.7 Å². The number of aliphatic hydroxyl groups is 1. The van der Waals surface area contributed by atoms with Crippen LogP contribution in [0.5, 0.6) is 0 Å². The predicted octanol–water partition coefficient (Wildman–Crippen LogP) is 8.58. The highest BCUT2D eigenvalue weighted by Gasteiger charge is 2.48. The standard InChI is InChI=1S/C23H20BrNO3S.C7H11Br.C2H6/c24-17-11-15-5-1-3-7-18(15)20(12-17)23(9-10-23)29-22(28)19-8-4-2-6-16(19)13-25-21(27)14-26;1-3-7(2)5-4-6-8;1-2/h1-8,11-12,26H,9-10,13-14H2,(H,25,27);7H,3,5H2,1-2H3;1-2H3. The molecule has 0 radical (unpaired) electrons. The van der Waals surface area contributed by atoms with Gasteiger partial charge < -0.3 is 10.4 Å². The molecule has 0 spiro atoms. The van der Waals surface area contributed by atoms with Gasteiger partial charge in [0.25, 0.3) is 0 Å². The molecule has 0 saturated heterocycles. The third-order valence-corrected chi connectivity index (χ3v) is 8.54. The van der Waals surface area contributed by atoms with Gasteiger partial charge in [0.05, 0.1) is 0 Å². The van der Waals surface area contributed by atoms with Crippen LogP contribution in [0.3, 0.4) is 0 Å². The van der Waals surface area contributed by atoms with Crippen LogP contribution in [0.4, 0.5) is 0 Å². The molecule has 1 fully saturated rings. The molecule has 0 bridgehead atoms. The number of amides is 1. The summed E-state index contributed by atoms with van der Waals surface area (Å²) in [7, 11) is 0. The van der Waals surface area contributed by atoms with Gasteiger partial charge in [-0.15, -0.1) is 0 Å². The van der Waals surface area contributed by atoms with E-state index in [0.717, 1.165) is 40.6 Å². The fourth-order valence-electron chi connectivity index (χ4n) is 3.90. The predicted molar refractivity (Wildman–Crippen MR) is 172 cm³/mol. The molecule has 1 aliphatic rings. The second kappa shape index (κ2) is 16.9. The van der Waals surface area contributed by atoms with Gasteiger partial charge in [-0.25, -0.2) is 0 Å². The van der Waals surface area contributed by atoms with Crippen molar-refractivity contribution in [3.05, 3.63) is 81.8 Å². The molecule has 208 valence electrons. The minimum atomic E-state index is -0.566. The zero-order valence-corrected chi connectivity index (χ0v) is 27.0. The molecule has 1 unspecified atom stereocenters. The van der Waals surface area contributed by atoms with Gasteiger partial charge in [-0.2, -0.15) is 0 Å². The first kappa shape index (κ1) is 33.1. The molecule has 0 heterocycles. The molecule has 2 N–H and O–H groups in total. The van der Waals surface area contributed by atoms with Crippen molar-refractivity contribution in [1.29, 1.82) is 0 Å². The fraction of sp³-hybridized carbons (Fsp3) is 0.375. The first-order chi connectivity index (χ1) is 18.8. The fourth-order valence-corrected chi connectivity index (χ4v) is 5.79. The number of hydrogen-bond acceptors (Lipinski definition) is 4. The van der Waals surface area contributed by atoms with E-state index in [1.807, 2.05) is 44.2 Å². The number of thioether (sulfide) groups is 1. The molecule has 3 aromatic carbocycles. The van der Waals surface area contributed by atoms with Crippen molar-refractivity contribution in [2.24, 2.45) is 5.92 Å². The third kappa shape index (κ3) is 9.79. The summed E-state index contributed by atoms with van der Waals surface area (Å²) in [6.07, 6.45) is 4.14. The summed E-state index contributed by atoms with van der Waals surface area (Å²) in [5, 5.41) is 13.9. The molecule has 1 aliphatic carbocycles. The summed E-state index contributed by atoms with van der Waals surface area (Å²) >= 11 is 8.03. The van der Waals surface area contributed by atoms with Gasteiger partial charge >= 0.3 is 0 Å². The Morgan fingerprint density at radius 1 is 1.10 bits per heavy atom. The van der Waals surface area contributed by atoms with Crippen LogP contribution in [0.1, 0.15) is 74.9 Å². The van der Waals surface area contributed by atoms with Crippen LogP contribution >= 0.6 is 43.6 Å². The molecule has 7 heteroatoms. The van der Waals surface area contributed by atoms with Crippen LogP contribution in [-0.4, -0.2) is 22.7 Å². The van der Waals surface area contributed by atoms with E-state index >= 15 is 0 Å². The molecule has 3 aromatic rings. The Morgan fingerprint density at radius 2 is 1.77 bits per heavy atom. The minimum Gasteiger partial charge on any atom is -0.387 e. The van der Waals surface area contributed by atoms with Gasteiger partial charge in [-0.1, -0.05) is 116 Å². The molecule has 4 rings (SSSR count). The number of hydrogen-bond donors (Lipinski definition) is 2. The molecule has 1 atom stereocenters. The number of carbonyl (C=O) groups excluding carboxylic acids is 2. The van der Waals surface area contributed by atoms with E-state index in [4.69, 9.17) is 5.11 Å². The number of benzene rings is 3. The first-order valence-electron chi connectivity index (χ1n) is 13.3. The summed E-state index contributed by atoms with van der Waals surface area (Å²) in [6.45, 7) is 8.04. The molecule has 0 aliphatic heterocycles. The lowest BCUT2D eigenvalue weighted by Gasteiger charge is -2.18. The van der Waals surface area contributed by atoms with Crippen LogP contribution in [0.15, 0.2) is 65.1 Å². The van der Waals surface area contributed by atoms with Crippen LogP contribution in [-0.2, 0) is 16.1 Å². The number of rotatable bonds is 8. The average molecular weight is 676 g/mol. The highest BCUT2D eigenvalue weighted by atomic mass is 79.9. The van der Waals surface area contributed by atoms with E-state index in [-0.39, 0.29) is 16.4 Å². The number of carbonyl (C=O) groups is 2. The lowest BCUT2D eigenvalue weighted by atomic mass is 10.0. The number of nitrogens with one attached hydrogen (secondary N) is 1. The topological polar surface area (TPSA) is 66.4 Å². The van der Waals surface area contributed by atoms with Crippen LogP contribution < -0.4 is 5.32 Å². The molecule has 1 amide bonds. The summed E-state index contributed by atoms with van der Waals surface area (Å²) in [4.78, 5) is 27.3. The molecule has 1 saturated carbocycles. The van der Waals surface area contributed by atoms with Crippen molar-refractivity contribution in [1.82, 2.24) is 5.32 Å². The maximum atomic E-state index is 13.2. The van der Waals surface area contributed by atoms with E-state index in [1.54, 1.807) is 6.07 Å². The number of aliphatic hydroxyl groups excluding tert-OH is 1. The molecular formula is C32H37Br2NO3S. The second-order valence-electron chi connectivity index (χ2n) is 9.14. The Balaban J connectivity index is 0.000000460. The maximum Gasteiger partial charge on any atom is 0.245 e. The van der Waals surface area contributed by atoms with Crippen LogP contribution in [0.2, 0.25) is 0 Å². The third-order valence-electron chi connectivity index (χ3n) is 6.38. The van der Waals surface area contributed by atoms with Gasteiger partial charge in [0.15, 0.2) is 0 Å². The Labute approximate surface area is 254 Å². The zero-order valence-electron chi connectivity index (χ0n) is 23.0. The summed E-state index contributed by atoms with van der Waals surface area (Å²) in [5.74, 6) is 3.26. The monoisotopic (exact) mass is 673 g/mol. The number of halogens is 2. The zero-order chi connectivity index (χ0) is 28.8. The van der Waals surface area contributed by atoms with Gasteiger partial charge in [-0.3, -0.25) is 9.59 Å². The van der Waals surface area contributed by atoms with Gasteiger partial charge in [0, 0.05) is 43.7 Å². The van der Waals surface area contributed by atoms with E-state index in [1.165, 1.54) is 29.1 Å². The Hall–Kier alpha value is -2.11. The lowest BCUT2D eigenvalue weighted by Crippen LogP contribution is -2.26. The Bertz CT molecular complexity index is 1310. The van der Waals surface area contributed by atoms with Gasteiger partial charge in [-0.05, 0) is 57.6 Å². The second-order valence-corrected chi connectivity index (χ2v) is 11.8. The summed E-state index contributed by atoms with van der Waals surface area (Å²) < 4.78 is 0.791. The summed E-state index contributed by atoms with van der Waals surface area (Å²) in [6, 6.07) is 19.8. The molecule has 39 heavy (non-hydrogen) atoms. The molecule has 4 nitrogen and oxygen atoms in total. The van der Waals surface area contributed by atoms with Crippen molar-refractivity contribution in [3.8, 4) is 10.8 Å². The van der Waals surface area contributed by atoms with Gasteiger partial charge in [0.1, 0.15) is 6.61 Å². The van der Waals surface area contributed by atoms with Crippen molar-refractivity contribution in [2.75, 3.05) is 6.61 Å². The normalized spacial score (nSPS) is 13.4. The number of fused-ring (bicyclic) bond motifs is 1. The molecule has 0 aromatic heterocycles. The Kier molecular flexibility index (Phi) is 14.3. The van der Waals surface area contributed by atoms with E-state index < -0.39 is 12.5 Å². The highest BCUT2D eigenvalue weighted by Crippen LogP contribution is 2.59. The lowest BCUT2D eigenvalue weighted by molar-refractivity contribution is -0.123. The Morgan fingerprint density at radius 3 is 2.41 bits per heavy atom. The quantitative estimate of drug-likeness (QED) is 0.235.